The minimum Gasteiger partial charge on any atom is -0.319 e. The highest BCUT2D eigenvalue weighted by Crippen LogP contribution is 2.17. The van der Waals surface area contributed by atoms with E-state index in [2.05, 4.69) is 57.7 Å². The average Bonchev–Trinajstić information content (AvgIpc) is 3.09. The van der Waals surface area contributed by atoms with Crippen LogP contribution in [0.4, 0.5) is 0 Å². The van der Waals surface area contributed by atoms with Crippen molar-refractivity contribution in [2.45, 2.75) is 32.0 Å². The van der Waals surface area contributed by atoms with Crippen LogP contribution in [-0.2, 0) is 13.6 Å². The minimum atomic E-state index is 0.235. The molecule has 21 heavy (non-hydrogen) atoms. The Morgan fingerprint density at radius 1 is 1.33 bits per heavy atom. The van der Waals surface area contributed by atoms with Gasteiger partial charge in [0.1, 0.15) is 12.2 Å². The Balaban J connectivity index is 1.52. The summed E-state index contributed by atoms with van der Waals surface area (Å²) in [7, 11) is 1.99. The van der Waals surface area contributed by atoms with Crippen molar-refractivity contribution in [2.24, 2.45) is 7.05 Å². The lowest BCUT2D eigenvalue weighted by Gasteiger charge is -2.20. The normalized spacial score (nSPS) is 20.8. The van der Waals surface area contributed by atoms with Crippen molar-refractivity contribution in [2.75, 3.05) is 13.1 Å². The molecule has 0 aliphatic carbocycles. The molecule has 1 aliphatic heterocycles. The highest BCUT2D eigenvalue weighted by molar-refractivity contribution is 5.14. The first-order chi connectivity index (χ1) is 10.2. The number of aromatic nitrogens is 3. The van der Waals surface area contributed by atoms with E-state index in [1.54, 1.807) is 6.33 Å². The summed E-state index contributed by atoms with van der Waals surface area (Å²) < 4.78 is 1.98. The predicted octanol–water partition coefficient (Wildman–Crippen LogP) is 1.74. The topological polar surface area (TPSA) is 46.0 Å². The summed E-state index contributed by atoms with van der Waals surface area (Å²) in [5.41, 5.74) is 1.39. The highest BCUT2D eigenvalue weighted by Gasteiger charge is 2.24. The number of aryl methyl sites for hydroxylation is 1. The second kappa shape index (κ2) is 6.37. The van der Waals surface area contributed by atoms with Crippen molar-refractivity contribution >= 4 is 0 Å². The maximum Gasteiger partial charge on any atom is 0.149 e. The van der Waals surface area contributed by atoms with Gasteiger partial charge in [-0.25, -0.2) is 0 Å². The maximum absolute atomic E-state index is 4.18. The summed E-state index contributed by atoms with van der Waals surface area (Å²) in [5, 5.41) is 11.8. The fourth-order valence-corrected chi connectivity index (χ4v) is 3.07. The zero-order chi connectivity index (χ0) is 14.7. The molecule has 0 radical (unpaired) electrons. The van der Waals surface area contributed by atoms with Crippen LogP contribution in [0.3, 0.4) is 0 Å². The van der Waals surface area contributed by atoms with Crippen LogP contribution < -0.4 is 5.32 Å². The Kier molecular flexibility index (Phi) is 4.31. The largest absolute Gasteiger partial charge is 0.319 e. The number of likely N-dealkylation sites (tertiary alicyclic amines) is 1. The second-order valence-corrected chi connectivity index (χ2v) is 5.89. The van der Waals surface area contributed by atoms with Gasteiger partial charge in [0.2, 0.25) is 0 Å². The van der Waals surface area contributed by atoms with Crippen LogP contribution in [0.15, 0.2) is 36.7 Å². The van der Waals surface area contributed by atoms with Gasteiger partial charge in [-0.15, -0.1) is 10.2 Å². The molecule has 2 aromatic rings. The van der Waals surface area contributed by atoms with Crippen LogP contribution in [0.1, 0.15) is 30.8 Å². The Hall–Kier alpha value is -1.72. The molecular formula is C16H23N5. The third-order valence-corrected chi connectivity index (χ3v) is 4.14. The van der Waals surface area contributed by atoms with Gasteiger partial charge in [0.15, 0.2) is 0 Å². The molecule has 0 amide bonds. The Labute approximate surface area is 126 Å². The molecule has 3 rings (SSSR count). The minimum absolute atomic E-state index is 0.235. The van der Waals surface area contributed by atoms with Gasteiger partial charge in [-0.3, -0.25) is 4.90 Å². The Morgan fingerprint density at radius 3 is 2.86 bits per heavy atom. The van der Waals surface area contributed by atoms with Crippen molar-refractivity contribution in [1.82, 2.24) is 25.0 Å². The van der Waals surface area contributed by atoms with Gasteiger partial charge in [0, 0.05) is 32.7 Å². The number of hydrogen-bond donors (Lipinski definition) is 1. The van der Waals surface area contributed by atoms with E-state index in [0.717, 1.165) is 25.5 Å². The zero-order valence-corrected chi connectivity index (χ0v) is 12.7. The quantitative estimate of drug-likeness (QED) is 0.909. The first-order valence-electron chi connectivity index (χ1n) is 7.58. The molecule has 0 bridgehead atoms. The van der Waals surface area contributed by atoms with Crippen LogP contribution in [0.25, 0.3) is 0 Å². The fraction of sp³-hybridized carbons (Fsp3) is 0.500. The van der Waals surface area contributed by atoms with Gasteiger partial charge in [-0.2, -0.15) is 0 Å². The first-order valence-corrected chi connectivity index (χ1v) is 7.58. The molecule has 2 heterocycles. The molecule has 5 nitrogen and oxygen atoms in total. The summed E-state index contributed by atoms with van der Waals surface area (Å²) in [6.45, 7) is 5.44. The van der Waals surface area contributed by atoms with E-state index in [1.807, 2.05) is 11.6 Å². The second-order valence-electron chi connectivity index (χ2n) is 5.89. The van der Waals surface area contributed by atoms with Gasteiger partial charge < -0.3 is 9.88 Å². The van der Waals surface area contributed by atoms with Gasteiger partial charge in [0.05, 0.1) is 6.04 Å². The zero-order valence-electron chi connectivity index (χ0n) is 12.7. The Bertz CT molecular complexity index is 565. The molecule has 0 spiro atoms. The van der Waals surface area contributed by atoms with Crippen molar-refractivity contribution in [1.29, 1.82) is 0 Å². The van der Waals surface area contributed by atoms with Crippen molar-refractivity contribution in [3.05, 3.63) is 48.0 Å². The predicted molar refractivity (Wildman–Crippen MR) is 82.7 cm³/mol. The van der Waals surface area contributed by atoms with E-state index in [0.29, 0.717) is 6.04 Å². The third kappa shape index (κ3) is 3.49. The van der Waals surface area contributed by atoms with Gasteiger partial charge >= 0.3 is 0 Å². The molecule has 112 valence electrons. The molecule has 2 unspecified atom stereocenters. The third-order valence-electron chi connectivity index (χ3n) is 4.14. The molecule has 0 saturated carbocycles. The lowest BCUT2D eigenvalue weighted by Crippen LogP contribution is -2.35. The molecule has 1 N–H and O–H groups in total. The molecule has 1 aromatic carbocycles. The molecular weight excluding hydrogens is 262 g/mol. The van der Waals surface area contributed by atoms with E-state index >= 15 is 0 Å². The molecule has 1 aromatic heterocycles. The van der Waals surface area contributed by atoms with Crippen LogP contribution in [-0.4, -0.2) is 38.8 Å². The molecule has 1 saturated heterocycles. The fourth-order valence-electron chi connectivity index (χ4n) is 3.07. The smallest absolute Gasteiger partial charge is 0.149 e. The number of nitrogens with zero attached hydrogens (tertiary/aromatic N) is 4. The molecule has 5 heteroatoms. The SMILES string of the molecule is CC(NC1CCN(Cc2ccccc2)C1)c1nncn1C. The molecule has 2 atom stereocenters. The highest BCUT2D eigenvalue weighted by atomic mass is 15.3. The number of nitrogens with one attached hydrogen (secondary N) is 1. The first kappa shape index (κ1) is 14.2. The Morgan fingerprint density at radius 2 is 2.14 bits per heavy atom. The number of hydrogen-bond acceptors (Lipinski definition) is 4. The van der Waals surface area contributed by atoms with Crippen molar-refractivity contribution in [3.8, 4) is 0 Å². The maximum atomic E-state index is 4.18. The number of benzene rings is 1. The average molecular weight is 285 g/mol. The summed E-state index contributed by atoms with van der Waals surface area (Å²) in [4.78, 5) is 2.51. The summed E-state index contributed by atoms with van der Waals surface area (Å²) in [6.07, 6.45) is 2.94. The van der Waals surface area contributed by atoms with E-state index in [-0.39, 0.29) is 6.04 Å². The summed E-state index contributed by atoms with van der Waals surface area (Å²) in [5.74, 6) is 0.997. The van der Waals surface area contributed by atoms with Gasteiger partial charge in [-0.05, 0) is 18.9 Å². The van der Waals surface area contributed by atoms with Crippen molar-refractivity contribution < 1.29 is 0 Å². The monoisotopic (exact) mass is 285 g/mol. The van der Waals surface area contributed by atoms with Crippen molar-refractivity contribution in [3.63, 3.8) is 0 Å². The van der Waals surface area contributed by atoms with E-state index in [1.165, 1.54) is 12.0 Å². The van der Waals surface area contributed by atoms with Crippen LogP contribution in [0, 0.1) is 0 Å². The van der Waals surface area contributed by atoms with E-state index in [4.69, 9.17) is 0 Å². The van der Waals surface area contributed by atoms with Crippen LogP contribution in [0.2, 0.25) is 0 Å². The molecule has 1 aliphatic rings. The molecule has 1 fully saturated rings. The van der Waals surface area contributed by atoms with E-state index in [9.17, 15) is 0 Å². The van der Waals surface area contributed by atoms with Crippen LogP contribution >= 0.6 is 0 Å². The van der Waals surface area contributed by atoms with Crippen LogP contribution in [0.5, 0.6) is 0 Å². The lowest BCUT2D eigenvalue weighted by atomic mass is 10.2. The standard InChI is InChI=1S/C16H23N5/c1-13(16-19-17-12-20(16)2)18-15-8-9-21(11-15)10-14-6-4-3-5-7-14/h3-7,12-13,15,18H,8-11H2,1-2H3. The van der Waals surface area contributed by atoms with Gasteiger partial charge in [-0.1, -0.05) is 30.3 Å². The van der Waals surface area contributed by atoms with Gasteiger partial charge in [0.25, 0.3) is 0 Å². The summed E-state index contributed by atoms with van der Waals surface area (Å²) >= 11 is 0. The van der Waals surface area contributed by atoms with E-state index < -0.39 is 0 Å². The lowest BCUT2D eigenvalue weighted by molar-refractivity contribution is 0.314. The summed E-state index contributed by atoms with van der Waals surface area (Å²) in [6, 6.07) is 11.4. The number of rotatable bonds is 5.